The van der Waals surface area contributed by atoms with Gasteiger partial charge in [0.25, 0.3) is 0 Å². The highest BCUT2D eigenvalue weighted by Crippen LogP contribution is 2.28. The SMILES string of the molecule is C=C1/C=C\c2ccc3ccc(nc3c2N)-c2cccc(n2)CN(C(C(=O)O)C(=O)O)CCN(C(C(=O)O)C(=O)O)Cc2cccc1n2. The largest absolute Gasteiger partial charge is 0.480 e. The van der Waals surface area contributed by atoms with E-state index in [0.717, 1.165) is 15.2 Å². The molecule has 0 fully saturated rings. The highest BCUT2D eigenvalue weighted by atomic mass is 16.4. The van der Waals surface area contributed by atoms with Crippen LogP contribution >= 0.6 is 0 Å². The molecule has 0 radical (unpaired) electrons. The summed E-state index contributed by atoms with van der Waals surface area (Å²) in [7, 11) is 0. The van der Waals surface area contributed by atoms with Crippen molar-refractivity contribution in [1.29, 1.82) is 0 Å². The summed E-state index contributed by atoms with van der Waals surface area (Å²) in [6, 6.07) is 13.0. The summed E-state index contributed by atoms with van der Waals surface area (Å²) in [6.07, 6.45) is 3.48. The average molecular weight is 639 g/mol. The summed E-state index contributed by atoms with van der Waals surface area (Å²) in [5.41, 5.74) is 10.5. The minimum atomic E-state index is -2.05. The molecule has 240 valence electrons. The van der Waals surface area contributed by atoms with Gasteiger partial charge in [-0.1, -0.05) is 49.1 Å². The summed E-state index contributed by atoms with van der Waals surface area (Å²) in [5, 5.41) is 40.2. The number of aliphatic carboxylic acids is 4. The third-order valence-electron chi connectivity index (χ3n) is 7.67. The number of fused-ring (bicyclic) bond motifs is 7. The molecule has 1 aromatic carbocycles. The second-order valence-electron chi connectivity index (χ2n) is 10.8. The Hall–Kier alpha value is -5.99. The Morgan fingerprint density at radius 2 is 1.15 bits per heavy atom. The van der Waals surface area contributed by atoms with Crippen LogP contribution in [0, 0.1) is 0 Å². The number of nitrogens with two attached hydrogens (primary N) is 1. The molecule has 14 heteroatoms. The lowest BCUT2D eigenvalue weighted by Crippen LogP contribution is -2.52. The predicted octanol–water partition coefficient (Wildman–Crippen LogP) is 2.69. The third-order valence-corrected chi connectivity index (χ3v) is 7.67. The summed E-state index contributed by atoms with van der Waals surface area (Å²) in [4.78, 5) is 64.6. The first-order chi connectivity index (χ1) is 22.4. The van der Waals surface area contributed by atoms with Gasteiger partial charge in [0.05, 0.1) is 39.7 Å². The van der Waals surface area contributed by atoms with Crippen LogP contribution in [0.2, 0.25) is 0 Å². The van der Waals surface area contributed by atoms with Crippen molar-refractivity contribution in [2.75, 3.05) is 18.8 Å². The predicted molar refractivity (Wildman–Crippen MR) is 171 cm³/mol. The second-order valence-corrected chi connectivity index (χ2v) is 10.8. The number of anilines is 1. The van der Waals surface area contributed by atoms with Gasteiger partial charge in [-0.2, -0.15) is 0 Å². The maximum atomic E-state index is 12.1. The molecule has 0 spiro atoms. The van der Waals surface area contributed by atoms with Gasteiger partial charge in [-0.3, -0.25) is 14.8 Å². The van der Waals surface area contributed by atoms with E-state index in [2.05, 4.69) is 16.5 Å². The number of pyridine rings is 3. The molecule has 6 N–H and O–H groups in total. The number of carboxylic acids is 4. The van der Waals surface area contributed by atoms with Gasteiger partial charge in [0.15, 0.2) is 0 Å². The van der Waals surface area contributed by atoms with Crippen LogP contribution in [-0.4, -0.2) is 94.2 Å². The molecule has 7 bridgehead atoms. The summed E-state index contributed by atoms with van der Waals surface area (Å²) in [6.45, 7) is 2.82. The Kier molecular flexibility index (Phi) is 9.35. The molecule has 1 aliphatic rings. The third kappa shape index (κ3) is 7.13. The van der Waals surface area contributed by atoms with E-state index in [1.807, 2.05) is 18.2 Å². The van der Waals surface area contributed by atoms with E-state index in [0.29, 0.717) is 50.8 Å². The number of allylic oxidation sites excluding steroid dienone is 2. The van der Waals surface area contributed by atoms with E-state index < -0.39 is 36.0 Å². The molecule has 4 heterocycles. The van der Waals surface area contributed by atoms with Crippen LogP contribution in [0.5, 0.6) is 0 Å². The van der Waals surface area contributed by atoms with Gasteiger partial charge in [-0.15, -0.1) is 0 Å². The normalized spacial score (nSPS) is 15.2. The Morgan fingerprint density at radius 3 is 1.70 bits per heavy atom. The van der Waals surface area contributed by atoms with Crippen molar-refractivity contribution in [2.45, 2.75) is 25.2 Å². The molecular weight excluding hydrogens is 608 g/mol. The van der Waals surface area contributed by atoms with Crippen LogP contribution in [0.25, 0.3) is 33.9 Å². The minimum Gasteiger partial charge on any atom is -0.480 e. The van der Waals surface area contributed by atoms with Crippen molar-refractivity contribution < 1.29 is 39.6 Å². The molecule has 5 rings (SSSR count). The van der Waals surface area contributed by atoms with Crippen molar-refractivity contribution in [3.63, 3.8) is 0 Å². The first kappa shape index (κ1) is 32.4. The zero-order chi connectivity index (χ0) is 33.8. The number of nitrogen functional groups attached to an aromatic ring is 1. The molecule has 4 aromatic rings. The van der Waals surface area contributed by atoms with E-state index in [-0.39, 0.29) is 26.2 Å². The molecule has 1 aliphatic heterocycles. The molecule has 0 unspecified atom stereocenters. The number of nitrogens with zero attached hydrogens (tertiary/aromatic N) is 5. The van der Waals surface area contributed by atoms with Crippen molar-refractivity contribution in [2.24, 2.45) is 0 Å². The minimum absolute atomic E-state index is 0.273. The summed E-state index contributed by atoms with van der Waals surface area (Å²) in [5.74, 6) is -6.64. The fourth-order valence-corrected chi connectivity index (χ4v) is 5.35. The van der Waals surface area contributed by atoms with Gasteiger partial charge >= 0.3 is 23.9 Å². The van der Waals surface area contributed by atoms with E-state index in [1.165, 1.54) is 0 Å². The van der Waals surface area contributed by atoms with Gasteiger partial charge < -0.3 is 26.2 Å². The smallest absolute Gasteiger partial charge is 0.332 e. The van der Waals surface area contributed by atoms with Crippen LogP contribution in [0.15, 0.2) is 73.3 Å². The number of aromatic nitrogens is 3. The van der Waals surface area contributed by atoms with Crippen LogP contribution in [0.3, 0.4) is 0 Å². The molecule has 0 saturated carbocycles. The van der Waals surface area contributed by atoms with Crippen molar-refractivity contribution in [3.8, 4) is 11.4 Å². The maximum Gasteiger partial charge on any atom is 0.332 e. The standard InChI is InChI=1S/C33H30N6O8/c1-18-8-9-19-10-11-20-12-13-25(37-27(20)26(19)34)24-7-3-5-22(36-24)17-39(29(32(44)45)33(46)47)15-14-38(28(30(40)41)31(42)43)16-21-4-2-6-23(18)35-21/h2-13,28-29H,1,14-17,34H2,(H,40,41)(H,42,43)(H,44,45)(H,46,47)/b9-8-. The fourth-order valence-electron chi connectivity index (χ4n) is 5.35. The topological polar surface area (TPSA) is 220 Å². The van der Waals surface area contributed by atoms with Crippen molar-refractivity contribution in [3.05, 3.63) is 96.0 Å². The number of carboxylic acid groups (broad SMARTS) is 4. The highest BCUT2D eigenvalue weighted by molar-refractivity contribution is 5.98. The van der Waals surface area contributed by atoms with E-state index >= 15 is 0 Å². The molecule has 47 heavy (non-hydrogen) atoms. The maximum absolute atomic E-state index is 12.1. The molecule has 3 aromatic heterocycles. The monoisotopic (exact) mass is 638 g/mol. The van der Waals surface area contributed by atoms with Crippen molar-refractivity contribution >= 4 is 52.1 Å². The zero-order valence-corrected chi connectivity index (χ0v) is 24.9. The van der Waals surface area contributed by atoms with Gasteiger partial charge in [0.1, 0.15) is 0 Å². The molecule has 14 nitrogen and oxygen atoms in total. The van der Waals surface area contributed by atoms with E-state index in [4.69, 9.17) is 10.7 Å². The average Bonchev–Trinajstić information content (AvgIpc) is 3.02. The lowest BCUT2D eigenvalue weighted by Gasteiger charge is -2.31. The van der Waals surface area contributed by atoms with Crippen LogP contribution in [0.1, 0.15) is 22.6 Å². The van der Waals surface area contributed by atoms with E-state index in [9.17, 15) is 39.6 Å². The number of hydrogen-bond donors (Lipinski definition) is 5. The molecule has 0 aliphatic carbocycles. The Bertz CT molecular complexity index is 1920. The molecule has 0 amide bonds. The van der Waals surface area contributed by atoms with E-state index in [1.54, 1.807) is 54.6 Å². The summed E-state index contributed by atoms with van der Waals surface area (Å²) >= 11 is 0. The first-order valence-electron chi connectivity index (χ1n) is 14.3. The van der Waals surface area contributed by atoms with Crippen LogP contribution < -0.4 is 5.73 Å². The Morgan fingerprint density at radius 1 is 0.660 bits per heavy atom. The Labute approximate surface area is 267 Å². The first-order valence-corrected chi connectivity index (χ1v) is 14.3. The van der Waals surface area contributed by atoms with Crippen LogP contribution in [0.4, 0.5) is 5.69 Å². The molecule has 0 atom stereocenters. The van der Waals surface area contributed by atoms with Crippen molar-refractivity contribution in [1.82, 2.24) is 24.8 Å². The fraction of sp³-hybridized carbons (Fsp3) is 0.182. The van der Waals surface area contributed by atoms with Gasteiger partial charge in [0, 0.05) is 31.6 Å². The van der Waals surface area contributed by atoms with Crippen LogP contribution in [-0.2, 0) is 32.3 Å². The Balaban J connectivity index is 1.67. The highest BCUT2D eigenvalue weighted by Gasteiger charge is 2.37. The second kappa shape index (κ2) is 13.6. The molecular formula is C33H30N6O8. The number of hydrogen-bond acceptors (Lipinski definition) is 10. The molecule has 0 saturated heterocycles. The van der Waals surface area contributed by atoms with Gasteiger partial charge in [-0.25, -0.2) is 29.1 Å². The zero-order valence-electron chi connectivity index (χ0n) is 24.9. The number of rotatable bonds is 6. The number of benzene rings is 1. The summed E-state index contributed by atoms with van der Waals surface area (Å²) < 4.78 is 0. The quantitative estimate of drug-likeness (QED) is 0.151. The van der Waals surface area contributed by atoms with Gasteiger partial charge in [0.2, 0.25) is 12.1 Å². The lowest BCUT2D eigenvalue weighted by atomic mass is 10.1. The number of carbonyl (C=O) groups is 4. The lowest BCUT2D eigenvalue weighted by molar-refractivity contribution is -0.161. The van der Waals surface area contributed by atoms with Gasteiger partial charge in [-0.05, 0) is 41.5 Å².